The van der Waals surface area contributed by atoms with Crippen LogP contribution < -0.4 is 5.32 Å². The predicted molar refractivity (Wildman–Crippen MR) is 139 cm³/mol. The van der Waals surface area contributed by atoms with Gasteiger partial charge >= 0.3 is 6.15 Å². The summed E-state index contributed by atoms with van der Waals surface area (Å²) in [4.78, 5) is 35.1. The highest BCUT2D eigenvalue weighted by molar-refractivity contribution is 5.86. The highest BCUT2D eigenvalue weighted by Crippen LogP contribution is 2.36. The predicted octanol–water partition coefficient (Wildman–Crippen LogP) is 5.80. The van der Waals surface area contributed by atoms with E-state index in [0.29, 0.717) is 29.4 Å². The number of hydrogen-bond acceptors (Lipinski definition) is 7. The summed E-state index contributed by atoms with van der Waals surface area (Å²) in [5, 5.41) is 3.69. The Balaban J connectivity index is 0.00000102. The largest absolute Gasteiger partial charge is 0.373 e. The van der Waals surface area contributed by atoms with Gasteiger partial charge < -0.3 is 9.88 Å². The molecule has 0 aromatic carbocycles. The zero-order valence-corrected chi connectivity index (χ0v) is 22.0. The van der Waals surface area contributed by atoms with E-state index in [4.69, 9.17) is 19.6 Å². The molecule has 9 heteroatoms. The average molecular weight is 509 g/mol. The molecule has 0 unspecified atom stereocenters. The minimum absolute atomic E-state index is 0.196. The molecule has 3 heterocycles. The van der Waals surface area contributed by atoms with Crippen LogP contribution in [0.25, 0.3) is 22.7 Å². The minimum atomic E-state index is -0.196. The molecule has 0 saturated heterocycles. The normalized spacial score (nSPS) is 20.6. The maximum Gasteiger partial charge on any atom is 0.373 e. The molecule has 0 amide bonds. The summed E-state index contributed by atoms with van der Waals surface area (Å²) in [6.45, 7) is 7.28. The van der Waals surface area contributed by atoms with Gasteiger partial charge in [0.2, 0.25) is 0 Å². The van der Waals surface area contributed by atoms with Gasteiger partial charge in [0.25, 0.3) is 0 Å². The van der Waals surface area contributed by atoms with Crippen molar-refractivity contribution >= 4 is 23.1 Å². The molecular weight excluding hydrogens is 471 g/mol. The van der Waals surface area contributed by atoms with Gasteiger partial charge in [-0.3, -0.25) is 9.37 Å². The van der Waals surface area contributed by atoms with Crippen LogP contribution in [0.3, 0.4) is 0 Å². The van der Waals surface area contributed by atoms with Crippen molar-refractivity contribution < 1.29 is 14.0 Å². The first-order chi connectivity index (χ1) is 17.9. The van der Waals surface area contributed by atoms with Crippen molar-refractivity contribution in [3.8, 4) is 11.5 Å². The van der Waals surface area contributed by atoms with Gasteiger partial charge in [-0.15, -0.1) is 0 Å². The number of carbonyl (C=O) groups excluding carboxylic acids is 2. The second-order valence-electron chi connectivity index (χ2n) is 10.8. The zero-order valence-electron chi connectivity index (χ0n) is 22.0. The second-order valence-corrected chi connectivity index (χ2v) is 10.8. The van der Waals surface area contributed by atoms with Crippen LogP contribution in [0.15, 0.2) is 24.7 Å². The Bertz CT molecular complexity index is 1210. The van der Waals surface area contributed by atoms with Crippen molar-refractivity contribution in [2.75, 3.05) is 12.0 Å². The molecule has 0 spiro atoms. The van der Waals surface area contributed by atoms with Crippen LogP contribution in [-0.4, -0.2) is 43.4 Å². The Morgan fingerprint density at radius 3 is 2.38 bits per heavy atom. The summed E-state index contributed by atoms with van der Waals surface area (Å²) in [5.74, 6) is 3.54. The third-order valence-corrected chi connectivity index (χ3v) is 8.07. The number of aromatic nitrogens is 5. The fourth-order valence-electron chi connectivity index (χ4n) is 5.47. The molecule has 2 fully saturated rings. The summed E-state index contributed by atoms with van der Waals surface area (Å²) in [7, 11) is 0. The molecule has 2 aliphatic rings. The van der Waals surface area contributed by atoms with Crippen LogP contribution in [0.5, 0.6) is 0 Å². The summed E-state index contributed by atoms with van der Waals surface area (Å²) in [6.07, 6.45) is 11.6. The Labute approximate surface area is 217 Å². The number of hydrogen-bond donors (Lipinski definition) is 1. The number of nitrogens with zero attached hydrogens (tertiary/aromatic N) is 5. The summed E-state index contributed by atoms with van der Waals surface area (Å²) >= 11 is 0. The van der Waals surface area contributed by atoms with Crippen molar-refractivity contribution in [1.29, 1.82) is 0 Å². The summed E-state index contributed by atoms with van der Waals surface area (Å²) in [6, 6.07) is 4.59. The molecule has 2 saturated carbocycles. The van der Waals surface area contributed by atoms with Gasteiger partial charge in [-0.2, -0.15) is 9.59 Å². The van der Waals surface area contributed by atoms with Crippen LogP contribution in [0, 0.1) is 17.8 Å². The highest BCUT2D eigenvalue weighted by Gasteiger charge is 2.28. The molecule has 0 radical (unpaired) electrons. The summed E-state index contributed by atoms with van der Waals surface area (Å²) < 4.78 is 15.5. The van der Waals surface area contributed by atoms with E-state index in [1.165, 1.54) is 24.8 Å². The molecule has 8 nitrogen and oxygen atoms in total. The molecule has 1 N–H and O–H groups in total. The minimum Gasteiger partial charge on any atom is -0.365 e. The first-order valence-corrected chi connectivity index (χ1v) is 13.4. The van der Waals surface area contributed by atoms with Crippen LogP contribution in [0.2, 0.25) is 0 Å². The van der Waals surface area contributed by atoms with Gasteiger partial charge in [0.1, 0.15) is 17.5 Å². The van der Waals surface area contributed by atoms with Gasteiger partial charge in [-0.05, 0) is 86.8 Å². The van der Waals surface area contributed by atoms with Crippen molar-refractivity contribution in [1.82, 2.24) is 24.5 Å². The number of pyridine rings is 1. The van der Waals surface area contributed by atoms with E-state index >= 15 is 0 Å². The number of alkyl halides is 1. The Kier molecular flexibility index (Phi) is 8.98. The molecule has 2 aliphatic carbocycles. The lowest BCUT2D eigenvalue weighted by Crippen LogP contribution is -2.31. The van der Waals surface area contributed by atoms with Crippen LogP contribution in [-0.2, 0) is 16.1 Å². The first kappa shape index (κ1) is 26.9. The topological polar surface area (TPSA) is 103 Å². The van der Waals surface area contributed by atoms with E-state index in [1.54, 1.807) is 6.33 Å². The number of imidazole rings is 1. The summed E-state index contributed by atoms with van der Waals surface area (Å²) in [5.41, 5.74) is 3.80. The molecule has 198 valence electrons. The lowest BCUT2D eigenvalue weighted by molar-refractivity contribution is -0.191. The fraction of sp³-hybridized carbons (Fsp3) is 0.607. The Hall–Kier alpha value is -3.19. The third-order valence-electron chi connectivity index (χ3n) is 8.07. The van der Waals surface area contributed by atoms with Gasteiger partial charge in [0, 0.05) is 18.8 Å². The quantitative estimate of drug-likeness (QED) is 0.410. The molecule has 3 aromatic heterocycles. The molecule has 3 aromatic rings. The van der Waals surface area contributed by atoms with Gasteiger partial charge in [0.15, 0.2) is 17.3 Å². The Morgan fingerprint density at radius 2 is 1.76 bits per heavy atom. The highest BCUT2D eigenvalue weighted by atomic mass is 19.1. The van der Waals surface area contributed by atoms with Crippen LogP contribution >= 0.6 is 0 Å². The molecule has 5 rings (SSSR count). The van der Waals surface area contributed by atoms with Gasteiger partial charge in [-0.1, -0.05) is 20.3 Å². The van der Waals surface area contributed by atoms with Crippen molar-refractivity contribution in [2.45, 2.75) is 84.2 Å². The van der Waals surface area contributed by atoms with E-state index in [9.17, 15) is 4.39 Å². The monoisotopic (exact) mass is 508 g/mol. The van der Waals surface area contributed by atoms with Crippen molar-refractivity contribution in [2.24, 2.45) is 17.8 Å². The van der Waals surface area contributed by atoms with Gasteiger partial charge in [0.05, 0.1) is 6.67 Å². The lowest BCUT2D eigenvalue weighted by atomic mass is 9.80. The zero-order chi connectivity index (χ0) is 26.4. The number of halogens is 1. The number of fused-ring (bicyclic) bond motifs is 1. The van der Waals surface area contributed by atoms with E-state index < -0.39 is 0 Å². The van der Waals surface area contributed by atoms with Crippen LogP contribution in [0.4, 0.5) is 10.2 Å². The number of anilines is 1. The van der Waals surface area contributed by atoms with E-state index in [0.717, 1.165) is 55.1 Å². The molecular formula is C28H37FN6O2. The lowest BCUT2D eigenvalue weighted by Gasteiger charge is -2.32. The maximum absolute atomic E-state index is 13.2. The average Bonchev–Trinajstić information content (AvgIpc) is 3.23. The molecule has 0 aliphatic heterocycles. The SMILES string of the molecule is CC(C)c1ccnc(-c2nc3ncnc(N[C@H](C)C4CCC4)c3n2CC2CCC(CF)CC2)c1.O=C=O. The standard InChI is InChI=1S/C27H37FN6.CO2/c1-17(2)22-11-12-29-23(13-22)27-33-26-24(34(27)15-20-9-7-19(14-28)8-10-20)25(30-16-31-26)32-18(3)21-5-4-6-21;2-1-3/h11-13,16-21H,4-10,14-15H2,1-3H3,(H,30,31,32);/t18-,19?,20?;/m1./s1. The molecule has 0 bridgehead atoms. The van der Waals surface area contributed by atoms with E-state index in [-0.39, 0.29) is 18.7 Å². The van der Waals surface area contributed by atoms with Crippen molar-refractivity contribution in [3.05, 3.63) is 30.2 Å². The molecule has 37 heavy (non-hydrogen) atoms. The first-order valence-electron chi connectivity index (χ1n) is 13.4. The maximum atomic E-state index is 13.2. The van der Waals surface area contributed by atoms with Gasteiger partial charge in [-0.25, -0.2) is 15.0 Å². The van der Waals surface area contributed by atoms with E-state index in [2.05, 4.69) is 52.8 Å². The number of nitrogens with one attached hydrogen (secondary N) is 1. The van der Waals surface area contributed by atoms with E-state index in [1.807, 2.05) is 6.20 Å². The second kappa shape index (κ2) is 12.4. The van der Waals surface area contributed by atoms with Crippen molar-refractivity contribution in [3.63, 3.8) is 0 Å². The Morgan fingerprint density at radius 1 is 1.05 bits per heavy atom. The smallest absolute Gasteiger partial charge is 0.365 e. The third kappa shape index (κ3) is 6.21. The van der Waals surface area contributed by atoms with Crippen LogP contribution in [0.1, 0.15) is 77.2 Å². The number of rotatable bonds is 8. The fourth-order valence-corrected chi connectivity index (χ4v) is 5.47. The molecule has 1 atom stereocenters.